The summed E-state index contributed by atoms with van der Waals surface area (Å²) in [5.41, 5.74) is 0.995. The highest BCUT2D eigenvalue weighted by Gasteiger charge is 2.16. The molecule has 0 atom stereocenters. The van der Waals surface area contributed by atoms with Gasteiger partial charge in [0.05, 0.1) is 24.1 Å². The molecule has 0 spiro atoms. The Hall–Kier alpha value is -2.37. The fourth-order valence-corrected chi connectivity index (χ4v) is 1.83. The number of aromatic nitrogens is 2. The summed E-state index contributed by atoms with van der Waals surface area (Å²) in [7, 11) is 0. The second-order valence-electron chi connectivity index (χ2n) is 5.29. The molecule has 0 aliphatic heterocycles. The zero-order valence-corrected chi connectivity index (χ0v) is 12.6. The van der Waals surface area contributed by atoms with E-state index >= 15 is 0 Å². The van der Waals surface area contributed by atoms with Crippen LogP contribution in [-0.2, 0) is 0 Å². The lowest BCUT2D eigenvalue weighted by atomic mass is 10.1. The summed E-state index contributed by atoms with van der Waals surface area (Å²) in [6.07, 6.45) is 4.59. The molecule has 1 N–H and O–H groups in total. The van der Waals surface area contributed by atoms with Gasteiger partial charge in [-0.2, -0.15) is 0 Å². The quantitative estimate of drug-likeness (QED) is 0.914. The number of rotatable bonds is 5. The van der Waals surface area contributed by atoms with Crippen molar-refractivity contribution in [1.29, 1.82) is 0 Å². The number of amides is 1. The summed E-state index contributed by atoms with van der Waals surface area (Å²) in [6, 6.07) is 1.66. The first-order chi connectivity index (χ1) is 9.97. The molecule has 6 nitrogen and oxygen atoms in total. The molecule has 2 aromatic rings. The Kier molecular flexibility index (Phi) is 4.57. The highest BCUT2D eigenvalue weighted by atomic mass is 16.5. The molecule has 1 amide bonds. The first kappa shape index (κ1) is 15.0. The Morgan fingerprint density at radius 1 is 1.24 bits per heavy atom. The van der Waals surface area contributed by atoms with Gasteiger partial charge in [-0.25, -0.2) is 0 Å². The summed E-state index contributed by atoms with van der Waals surface area (Å²) < 4.78 is 10.7. The van der Waals surface area contributed by atoms with E-state index in [0.29, 0.717) is 22.8 Å². The molecule has 2 aromatic heterocycles. The predicted octanol–water partition coefficient (Wildman–Crippen LogP) is 3.23. The topological polar surface area (TPSA) is 77.2 Å². The van der Waals surface area contributed by atoms with Crippen molar-refractivity contribution in [1.82, 2.24) is 10.1 Å². The summed E-state index contributed by atoms with van der Waals surface area (Å²) in [6.45, 7) is 7.77. The Bertz CT molecular complexity index is 620. The number of hydrogen-bond acceptors (Lipinski definition) is 5. The van der Waals surface area contributed by atoms with E-state index in [4.69, 9.17) is 9.26 Å². The second-order valence-corrected chi connectivity index (χ2v) is 5.29. The van der Waals surface area contributed by atoms with Crippen LogP contribution in [0.2, 0.25) is 0 Å². The third kappa shape index (κ3) is 3.81. The SMILES string of the molecule is CC(C)Oc1cncc(C(=O)Nc2cnoc2C(C)C)c1. The molecule has 0 bridgehead atoms. The maximum atomic E-state index is 12.2. The van der Waals surface area contributed by atoms with Gasteiger partial charge < -0.3 is 14.6 Å². The van der Waals surface area contributed by atoms with Crippen LogP contribution < -0.4 is 10.1 Å². The fraction of sp³-hybridized carbons (Fsp3) is 0.400. The van der Waals surface area contributed by atoms with Crippen LogP contribution >= 0.6 is 0 Å². The standard InChI is InChI=1S/C15H19N3O3/c1-9(2)14-13(8-17-21-14)18-15(19)11-5-12(7-16-6-11)20-10(3)4/h5-10H,1-4H3,(H,18,19). The third-order valence-corrected chi connectivity index (χ3v) is 2.72. The van der Waals surface area contributed by atoms with Crippen molar-refractivity contribution in [2.24, 2.45) is 0 Å². The molecule has 21 heavy (non-hydrogen) atoms. The molecule has 0 aliphatic carbocycles. The number of hydrogen-bond donors (Lipinski definition) is 1. The van der Waals surface area contributed by atoms with Gasteiger partial charge in [0.15, 0.2) is 5.76 Å². The number of carbonyl (C=O) groups is 1. The van der Waals surface area contributed by atoms with Gasteiger partial charge >= 0.3 is 0 Å². The van der Waals surface area contributed by atoms with Crippen molar-refractivity contribution >= 4 is 11.6 Å². The van der Waals surface area contributed by atoms with E-state index in [2.05, 4.69) is 15.5 Å². The number of nitrogens with one attached hydrogen (secondary N) is 1. The van der Waals surface area contributed by atoms with Crippen LogP contribution in [0, 0.1) is 0 Å². The Labute approximate surface area is 123 Å². The van der Waals surface area contributed by atoms with Gasteiger partial charge in [-0.3, -0.25) is 9.78 Å². The summed E-state index contributed by atoms with van der Waals surface area (Å²) in [4.78, 5) is 16.3. The van der Waals surface area contributed by atoms with E-state index in [-0.39, 0.29) is 17.9 Å². The normalized spacial score (nSPS) is 11.0. The van der Waals surface area contributed by atoms with Crippen LogP contribution in [0.5, 0.6) is 5.75 Å². The summed E-state index contributed by atoms with van der Waals surface area (Å²) in [5, 5.41) is 6.49. The first-order valence-electron chi connectivity index (χ1n) is 6.85. The lowest BCUT2D eigenvalue weighted by Crippen LogP contribution is -2.14. The number of anilines is 1. The lowest BCUT2D eigenvalue weighted by molar-refractivity contribution is 0.102. The van der Waals surface area contributed by atoms with E-state index in [1.54, 1.807) is 12.3 Å². The molecule has 2 rings (SSSR count). The van der Waals surface area contributed by atoms with Crippen LogP contribution in [-0.4, -0.2) is 22.2 Å². The molecule has 112 valence electrons. The first-order valence-corrected chi connectivity index (χ1v) is 6.85. The zero-order chi connectivity index (χ0) is 15.4. The van der Waals surface area contributed by atoms with Gasteiger partial charge in [0.2, 0.25) is 0 Å². The van der Waals surface area contributed by atoms with Gasteiger partial charge in [-0.05, 0) is 19.9 Å². The molecule has 0 unspecified atom stereocenters. The van der Waals surface area contributed by atoms with Crippen LogP contribution in [0.15, 0.2) is 29.2 Å². The van der Waals surface area contributed by atoms with E-state index in [1.165, 1.54) is 12.4 Å². The molecule has 0 aromatic carbocycles. The molecule has 0 aliphatic rings. The average molecular weight is 289 g/mol. The minimum atomic E-state index is -0.276. The predicted molar refractivity (Wildman–Crippen MR) is 78.5 cm³/mol. The monoisotopic (exact) mass is 289 g/mol. The summed E-state index contributed by atoms with van der Waals surface area (Å²) >= 11 is 0. The minimum Gasteiger partial charge on any atom is -0.489 e. The maximum absolute atomic E-state index is 12.2. The van der Waals surface area contributed by atoms with Crippen molar-refractivity contribution in [2.45, 2.75) is 39.7 Å². The van der Waals surface area contributed by atoms with Gasteiger partial charge in [0, 0.05) is 12.1 Å². The van der Waals surface area contributed by atoms with Gasteiger partial charge in [0.1, 0.15) is 11.4 Å². The minimum absolute atomic E-state index is 0.0238. The van der Waals surface area contributed by atoms with Gasteiger partial charge in [-0.15, -0.1) is 0 Å². The van der Waals surface area contributed by atoms with E-state index in [1.807, 2.05) is 27.7 Å². The largest absolute Gasteiger partial charge is 0.489 e. The van der Waals surface area contributed by atoms with Crippen molar-refractivity contribution in [3.05, 3.63) is 36.0 Å². The zero-order valence-electron chi connectivity index (χ0n) is 12.6. The lowest BCUT2D eigenvalue weighted by Gasteiger charge is -2.10. The highest BCUT2D eigenvalue weighted by molar-refractivity contribution is 6.04. The second kappa shape index (κ2) is 6.39. The van der Waals surface area contributed by atoms with E-state index in [9.17, 15) is 4.79 Å². The van der Waals surface area contributed by atoms with E-state index < -0.39 is 0 Å². The fourth-order valence-electron chi connectivity index (χ4n) is 1.83. The van der Waals surface area contributed by atoms with E-state index in [0.717, 1.165) is 0 Å². The van der Waals surface area contributed by atoms with Gasteiger partial charge in [-0.1, -0.05) is 19.0 Å². The molecule has 0 radical (unpaired) electrons. The Morgan fingerprint density at radius 2 is 2.00 bits per heavy atom. The molecular weight excluding hydrogens is 270 g/mol. The van der Waals surface area contributed by atoms with Crippen molar-refractivity contribution in [3.63, 3.8) is 0 Å². The third-order valence-electron chi connectivity index (χ3n) is 2.72. The number of carbonyl (C=O) groups excluding carboxylic acids is 1. The molecule has 0 saturated carbocycles. The molecule has 6 heteroatoms. The Balaban J connectivity index is 2.15. The van der Waals surface area contributed by atoms with Crippen LogP contribution in [0.4, 0.5) is 5.69 Å². The molecule has 2 heterocycles. The van der Waals surface area contributed by atoms with Crippen molar-refractivity contribution in [2.75, 3.05) is 5.32 Å². The number of ether oxygens (including phenoxy) is 1. The van der Waals surface area contributed by atoms with Crippen molar-refractivity contribution in [3.8, 4) is 5.75 Å². The Morgan fingerprint density at radius 3 is 2.67 bits per heavy atom. The summed E-state index contributed by atoms with van der Waals surface area (Å²) in [5.74, 6) is 1.07. The van der Waals surface area contributed by atoms with Crippen LogP contribution in [0.25, 0.3) is 0 Å². The average Bonchev–Trinajstić information content (AvgIpc) is 2.86. The smallest absolute Gasteiger partial charge is 0.257 e. The maximum Gasteiger partial charge on any atom is 0.257 e. The number of nitrogens with zero attached hydrogens (tertiary/aromatic N) is 2. The molecule has 0 fully saturated rings. The van der Waals surface area contributed by atoms with Gasteiger partial charge in [0.25, 0.3) is 5.91 Å². The van der Waals surface area contributed by atoms with Crippen LogP contribution in [0.1, 0.15) is 49.7 Å². The van der Waals surface area contributed by atoms with Crippen molar-refractivity contribution < 1.29 is 14.1 Å². The molecule has 0 saturated heterocycles. The number of pyridine rings is 1. The van der Waals surface area contributed by atoms with Crippen LogP contribution in [0.3, 0.4) is 0 Å². The highest BCUT2D eigenvalue weighted by Crippen LogP contribution is 2.24. The molecular formula is C15H19N3O3.